The predicted octanol–water partition coefficient (Wildman–Crippen LogP) is 4.12. The highest BCUT2D eigenvalue weighted by Gasteiger charge is 2.25. The van der Waals surface area contributed by atoms with E-state index in [1.54, 1.807) is 35.6 Å². The van der Waals surface area contributed by atoms with E-state index in [1.165, 1.54) is 29.1 Å². The first kappa shape index (κ1) is 20.4. The van der Waals surface area contributed by atoms with Crippen molar-refractivity contribution in [2.45, 2.75) is 6.42 Å². The number of ketones is 1. The first-order valence-corrected chi connectivity index (χ1v) is 10.9. The number of benzene rings is 2. The van der Waals surface area contributed by atoms with Crippen molar-refractivity contribution in [3.05, 3.63) is 93.4 Å². The van der Waals surface area contributed by atoms with Crippen LogP contribution in [0.5, 0.6) is 0 Å². The smallest absolute Gasteiger partial charge is 0.254 e. The molecule has 1 fully saturated rings. The van der Waals surface area contributed by atoms with E-state index >= 15 is 0 Å². The molecule has 2 aromatic carbocycles. The highest BCUT2D eigenvalue weighted by Crippen LogP contribution is 2.18. The van der Waals surface area contributed by atoms with Gasteiger partial charge in [-0.15, -0.1) is 11.3 Å². The molecular formula is C24H23FN2O2S. The van der Waals surface area contributed by atoms with Crippen LogP contribution in [0.1, 0.15) is 31.2 Å². The summed E-state index contributed by atoms with van der Waals surface area (Å²) in [6.45, 7) is 3.92. The SMILES string of the molecule is O=C(c1ccc(F)cc1)c1ccccc1C(=O)N1CCN(CCc2cccs2)CC1. The first-order valence-electron chi connectivity index (χ1n) is 10.0. The first-order chi connectivity index (χ1) is 14.6. The summed E-state index contributed by atoms with van der Waals surface area (Å²) in [6.07, 6.45) is 1.03. The molecule has 0 unspecified atom stereocenters. The Morgan fingerprint density at radius 2 is 1.57 bits per heavy atom. The lowest BCUT2D eigenvalue weighted by atomic mass is 9.97. The fourth-order valence-electron chi connectivity index (χ4n) is 3.69. The minimum atomic E-state index is -0.395. The maximum absolute atomic E-state index is 13.2. The van der Waals surface area contributed by atoms with E-state index in [2.05, 4.69) is 22.4 Å². The molecule has 1 aliphatic rings. The minimum Gasteiger partial charge on any atom is -0.336 e. The van der Waals surface area contributed by atoms with E-state index < -0.39 is 5.82 Å². The van der Waals surface area contributed by atoms with Crippen LogP contribution in [-0.2, 0) is 6.42 Å². The summed E-state index contributed by atoms with van der Waals surface area (Å²) in [5, 5.41) is 2.09. The van der Waals surface area contributed by atoms with Crippen molar-refractivity contribution in [1.82, 2.24) is 9.80 Å². The highest BCUT2D eigenvalue weighted by molar-refractivity contribution is 7.09. The number of amides is 1. The molecule has 1 aliphatic heterocycles. The third kappa shape index (κ3) is 4.66. The Kier molecular flexibility index (Phi) is 6.35. The summed E-state index contributed by atoms with van der Waals surface area (Å²) in [5.41, 5.74) is 1.13. The standard InChI is InChI=1S/C24H23FN2O2S/c25-19-9-7-18(8-10-19)23(28)21-5-1-2-6-22(21)24(29)27-15-13-26(14-16-27)12-11-20-4-3-17-30-20/h1-10,17H,11-16H2. The molecule has 1 saturated heterocycles. The maximum Gasteiger partial charge on any atom is 0.254 e. The molecule has 0 N–H and O–H groups in total. The summed E-state index contributed by atoms with van der Waals surface area (Å²) < 4.78 is 13.2. The maximum atomic E-state index is 13.2. The van der Waals surface area contributed by atoms with E-state index in [-0.39, 0.29) is 11.7 Å². The zero-order chi connectivity index (χ0) is 20.9. The van der Waals surface area contributed by atoms with Gasteiger partial charge in [0.1, 0.15) is 5.82 Å². The van der Waals surface area contributed by atoms with Gasteiger partial charge in [-0.05, 0) is 48.2 Å². The predicted molar refractivity (Wildman–Crippen MR) is 117 cm³/mol. The van der Waals surface area contributed by atoms with Gasteiger partial charge in [0.15, 0.2) is 5.78 Å². The number of rotatable bonds is 6. The summed E-state index contributed by atoms with van der Waals surface area (Å²) in [5.74, 6) is -0.791. The highest BCUT2D eigenvalue weighted by atomic mass is 32.1. The monoisotopic (exact) mass is 422 g/mol. The zero-order valence-corrected chi connectivity index (χ0v) is 17.4. The molecule has 30 heavy (non-hydrogen) atoms. The van der Waals surface area contributed by atoms with Crippen LogP contribution >= 0.6 is 11.3 Å². The normalized spacial score (nSPS) is 14.6. The fraction of sp³-hybridized carbons (Fsp3) is 0.250. The number of nitrogens with zero attached hydrogens (tertiary/aromatic N) is 2. The van der Waals surface area contributed by atoms with Gasteiger partial charge in [0.2, 0.25) is 0 Å². The lowest BCUT2D eigenvalue weighted by Gasteiger charge is -2.35. The topological polar surface area (TPSA) is 40.6 Å². The summed E-state index contributed by atoms with van der Waals surface area (Å²) >= 11 is 1.77. The van der Waals surface area contributed by atoms with Crippen LogP contribution in [0.15, 0.2) is 66.0 Å². The molecule has 1 aromatic heterocycles. The van der Waals surface area contributed by atoms with Crippen LogP contribution in [0.2, 0.25) is 0 Å². The summed E-state index contributed by atoms with van der Waals surface area (Å²) in [6, 6.07) is 16.5. The lowest BCUT2D eigenvalue weighted by molar-refractivity contribution is 0.0636. The van der Waals surface area contributed by atoms with Crippen LogP contribution in [-0.4, -0.2) is 54.2 Å². The molecule has 0 atom stereocenters. The van der Waals surface area contributed by atoms with Crippen molar-refractivity contribution in [3.8, 4) is 0 Å². The molecule has 0 radical (unpaired) electrons. The van der Waals surface area contributed by atoms with Crippen LogP contribution in [0, 0.1) is 5.82 Å². The molecule has 2 heterocycles. The van der Waals surface area contributed by atoms with Gasteiger partial charge < -0.3 is 4.90 Å². The number of halogens is 1. The van der Waals surface area contributed by atoms with Gasteiger partial charge in [0, 0.05) is 48.7 Å². The van der Waals surface area contributed by atoms with Crippen molar-refractivity contribution in [3.63, 3.8) is 0 Å². The second-order valence-corrected chi connectivity index (χ2v) is 8.38. The van der Waals surface area contributed by atoms with E-state index in [0.717, 1.165) is 26.1 Å². The summed E-state index contributed by atoms with van der Waals surface area (Å²) in [4.78, 5) is 31.6. The molecule has 3 aromatic rings. The van der Waals surface area contributed by atoms with Gasteiger partial charge in [0.05, 0.1) is 5.56 Å². The minimum absolute atomic E-state index is 0.126. The average molecular weight is 423 g/mol. The van der Waals surface area contributed by atoms with Crippen LogP contribution in [0.4, 0.5) is 4.39 Å². The third-order valence-electron chi connectivity index (χ3n) is 5.42. The molecule has 0 saturated carbocycles. The van der Waals surface area contributed by atoms with Crippen LogP contribution in [0.25, 0.3) is 0 Å². The van der Waals surface area contributed by atoms with Crippen molar-refractivity contribution in [2.24, 2.45) is 0 Å². The Balaban J connectivity index is 1.41. The summed E-state index contributed by atoms with van der Waals surface area (Å²) in [7, 11) is 0. The van der Waals surface area contributed by atoms with Crippen LogP contribution in [0.3, 0.4) is 0 Å². The second kappa shape index (κ2) is 9.32. The molecule has 4 nitrogen and oxygen atoms in total. The van der Waals surface area contributed by atoms with Gasteiger partial charge >= 0.3 is 0 Å². The molecule has 0 bridgehead atoms. The molecular weight excluding hydrogens is 399 g/mol. The van der Waals surface area contributed by atoms with Gasteiger partial charge in [0.25, 0.3) is 5.91 Å². The Labute approximate surface area is 179 Å². The molecule has 1 amide bonds. The van der Waals surface area contributed by atoms with Gasteiger partial charge in [-0.3, -0.25) is 14.5 Å². The Bertz CT molecular complexity index is 1010. The average Bonchev–Trinajstić information content (AvgIpc) is 3.31. The van der Waals surface area contributed by atoms with Crippen LogP contribution < -0.4 is 0 Å². The number of piperazine rings is 1. The Morgan fingerprint density at radius 1 is 0.867 bits per heavy atom. The quantitative estimate of drug-likeness (QED) is 0.561. The molecule has 154 valence electrons. The van der Waals surface area contributed by atoms with Gasteiger partial charge in [-0.1, -0.05) is 24.3 Å². The lowest BCUT2D eigenvalue weighted by Crippen LogP contribution is -2.49. The fourth-order valence-corrected chi connectivity index (χ4v) is 4.39. The number of carbonyl (C=O) groups is 2. The zero-order valence-electron chi connectivity index (χ0n) is 16.6. The molecule has 0 spiro atoms. The van der Waals surface area contributed by atoms with Crippen molar-refractivity contribution < 1.29 is 14.0 Å². The number of hydrogen-bond acceptors (Lipinski definition) is 4. The van der Waals surface area contributed by atoms with E-state index in [4.69, 9.17) is 0 Å². The van der Waals surface area contributed by atoms with Crippen molar-refractivity contribution >= 4 is 23.0 Å². The molecule has 0 aliphatic carbocycles. The van der Waals surface area contributed by atoms with E-state index in [0.29, 0.717) is 29.8 Å². The number of thiophene rings is 1. The second-order valence-electron chi connectivity index (χ2n) is 7.34. The van der Waals surface area contributed by atoms with E-state index in [9.17, 15) is 14.0 Å². The van der Waals surface area contributed by atoms with Crippen molar-refractivity contribution in [2.75, 3.05) is 32.7 Å². The Hall–Kier alpha value is -2.83. The van der Waals surface area contributed by atoms with E-state index in [1.807, 2.05) is 4.90 Å². The third-order valence-corrected chi connectivity index (χ3v) is 6.36. The molecule has 4 rings (SSSR count). The number of carbonyl (C=O) groups excluding carboxylic acids is 2. The number of hydrogen-bond donors (Lipinski definition) is 0. The molecule has 6 heteroatoms. The van der Waals surface area contributed by atoms with Gasteiger partial charge in [-0.2, -0.15) is 0 Å². The largest absolute Gasteiger partial charge is 0.336 e. The van der Waals surface area contributed by atoms with Gasteiger partial charge in [-0.25, -0.2) is 4.39 Å². The Morgan fingerprint density at radius 3 is 2.23 bits per heavy atom. The van der Waals surface area contributed by atoms with Crippen molar-refractivity contribution in [1.29, 1.82) is 0 Å².